The Labute approximate surface area is 85.3 Å². The molecule has 0 saturated heterocycles. The van der Waals surface area contributed by atoms with Crippen molar-refractivity contribution < 1.29 is 4.74 Å². The van der Waals surface area contributed by atoms with E-state index in [1.165, 1.54) is 11.1 Å². The van der Waals surface area contributed by atoms with Crippen LogP contribution in [0.4, 0.5) is 0 Å². The van der Waals surface area contributed by atoms with Crippen molar-refractivity contribution in [2.75, 3.05) is 13.7 Å². The van der Waals surface area contributed by atoms with Crippen molar-refractivity contribution in [1.82, 2.24) is 5.32 Å². The molecule has 1 N–H and O–H groups in total. The van der Waals surface area contributed by atoms with Crippen molar-refractivity contribution in [3.05, 3.63) is 29.3 Å². The van der Waals surface area contributed by atoms with E-state index in [2.05, 4.69) is 30.4 Å². The molecule has 1 unspecified atom stereocenters. The van der Waals surface area contributed by atoms with Crippen LogP contribution in [-0.4, -0.2) is 13.7 Å². The minimum atomic E-state index is 0.473. The number of benzene rings is 1. The van der Waals surface area contributed by atoms with Crippen molar-refractivity contribution in [3.8, 4) is 5.75 Å². The first-order chi connectivity index (χ1) is 6.85. The summed E-state index contributed by atoms with van der Waals surface area (Å²) < 4.78 is 5.48. The van der Waals surface area contributed by atoms with Crippen LogP contribution in [0.25, 0.3) is 0 Å². The second-order valence-corrected chi connectivity index (χ2v) is 3.72. The molecular formula is C12H17NO. The van der Waals surface area contributed by atoms with Crippen LogP contribution in [0.2, 0.25) is 0 Å². The predicted octanol–water partition coefficient (Wildman–Crippen LogP) is 2.29. The molecule has 0 amide bonds. The standard InChI is InChI=1S/C12H17NO/c1-3-11(13-2)9-4-5-12-10(8-9)6-7-14-12/h4-5,8,11,13H,3,6-7H2,1-2H3. The smallest absolute Gasteiger partial charge is 0.122 e. The van der Waals surface area contributed by atoms with Gasteiger partial charge in [-0.1, -0.05) is 19.1 Å². The van der Waals surface area contributed by atoms with Gasteiger partial charge in [-0.3, -0.25) is 0 Å². The number of hydrogen-bond acceptors (Lipinski definition) is 2. The van der Waals surface area contributed by atoms with Gasteiger partial charge in [-0.05, 0) is 30.7 Å². The summed E-state index contributed by atoms with van der Waals surface area (Å²) in [5, 5.41) is 3.32. The van der Waals surface area contributed by atoms with Gasteiger partial charge in [0.25, 0.3) is 0 Å². The van der Waals surface area contributed by atoms with E-state index in [0.717, 1.165) is 25.2 Å². The summed E-state index contributed by atoms with van der Waals surface area (Å²) in [6.07, 6.45) is 2.18. The van der Waals surface area contributed by atoms with Gasteiger partial charge in [-0.25, -0.2) is 0 Å². The zero-order valence-electron chi connectivity index (χ0n) is 8.84. The summed E-state index contributed by atoms with van der Waals surface area (Å²) in [7, 11) is 2.01. The van der Waals surface area contributed by atoms with Gasteiger partial charge in [0.15, 0.2) is 0 Å². The third-order valence-corrected chi connectivity index (χ3v) is 2.87. The molecule has 0 radical (unpaired) electrons. The van der Waals surface area contributed by atoms with Crippen LogP contribution in [0.15, 0.2) is 18.2 Å². The molecule has 0 aliphatic carbocycles. The Kier molecular flexibility index (Phi) is 2.73. The summed E-state index contributed by atoms with van der Waals surface area (Å²) in [6.45, 7) is 3.04. The molecule has 0 spiro atoms. The third kappa shape index (κ3) is 1.62. The van der Waals surface area contributed by atoms with Crippen molar-refractivity contribution in [1.29, 1.82) is 0 Å². The normalized spacial score (nSPS) is 16.1. The van der Waals surface area contributed by atoms with E-state index in [1.54, 1.807) is 0 Å². The summed E-state index contributed by atoms with van der Waals surface area (Å²) in [5.41, 5.74) is 2.73. The van der Waals surface area contributed by atoms with Crippen LogP contribution in [-0.2, 0) is 6.42 Å². The Morgan fingerprint density at radius 2 is 2.36 bits per heavy atom. The maximum Gasteiger partial charge on any atom is 0.122 e. The lowest BCUT2D eigenvalue weighted by molar-refractivity contribution is 0.356. The number of hydrogen-bond donors (Lipinski definition) is 1. The molecule has 76 valence electrons. The molecule has 1 aliphatic rings. The fourth-order valence-corrected chi connectivity index (χ4v) is 2.03. The van der Waals surface area contributed by atoms with Gasteiger partial charge in [0.2, 0.25) is 0 Å². The molecule has 0 saturated carbocycles. The Hall–Kier alpha value is -1.02. The topological polar surface area (TPSA) is 21.3 Å². The third-order valence-electron chi connectivity index (χ3n) is 2.87. The zero-order chi connectivity index (χ0) is 9.97. The van der Waals surface area contributed by atoms with Gasteiger partial charge in [-0.2, -0.15) is 0 Å². The second-order valence-electron chi connectivity index (χ2n) is 3.72. The van der Waals surface area contributed by atoms with Crippen molar-refractivity contribution in [3.63, 3.8) is 0 Å². The molecule has 1 atom stereocenters. The van der Waals surface area contributed by atoms with Gasteiger partial charge in [0.05, 0.1) is 6.61 Å². The number of ether oxygens (including phenoxy) is 1. The van der Waals surface area contributed by atoms with Crippen LogP contribution in [0, 0.1) is 0 Å². The second kappa shape index (κ2) is 4.01. The Bertz CT molecular complexity index is 318. The van der Waals surface area contributed by atoms with Crippen LogP contribution in [0.1, 0.15) is 30.5 Å². The molecule has 1 aliphatic heterocycles. The quantitative estimate of drug-likeness (QED) is 0.791. The predicted molar refractivity (Wildman–Crippen MR) is 57.7 cm³/mol. The Morgan fingerprint density at radius 1 is 1.50 bits per heavy atom. The zero-order valence-corrected chi connectivity index (χ0v) is 8.84. The van der Waals surface area contributed by atoms with E-state index in [1.807, 2.05) is 7.05 Å². The molecule has 0 aromatic heterocycles. The number of nitrogens with one attached hydrogen (secondary N) is 1. The maximum atomic E-state index is 5.48. The van der Waals surface area contributed by atoms with E-state index >= 15 is 0 Å². The van der Waals surface area contributed by atoms with Crippen molar-refractivity contribution in [2.45, 2.75) is 25.8 Å². The lowest BCUT2D eigenvalue weighted by Gasteiger charge is -2.14. The largest absolute Gasteiger partial charge is 0.493 e. The number of fused-ring (bicyclic) bond motifs is 1. The van der Waals surface area contributed by atoms with Crippen molar-refractivity contribution in [2.24, 2.45) is 0 Å². The highest BCUT2D eigenvalue weighted by Gasteiger charge is 2.14. The van der Waals surface area contributed by atoms with Gasteiger partial charge in [-0.15, -0.1) is 0 Å². The summed E-state index contributed by atoms with van der Waals surface area (Å²) in [6, 6.07) is 7.00. The summed E-state index contributed by atoms with van der Waals surface area (Å²) in [5.74, 6) is 1.07. The van der Waals surface area contributed by atoms with Crippen molar-refractivity contribution >= 4 is 0 Å². The van der Waals surface area contributed by atoms with E-state index in [0.29, 0.717) is 6.04 Å². The lowest BCUT2D eigenvalue weighted by atomic mass is 10.0. The van der Waals surface area contributed by atoms with Gasteiger partial charge in [0, 0.05) is 12.5 Å². The minimum absolute atomic E-state index is 0.473. The van der Waals surface area contributed by atoms with E-state index in [9.17, 15) is 0 Å². The van der Waals surface area contributed by atoms with Gasteiger partial charge in [0.1, 0.15) is 5.75 Å². The molecule has 0 bridgehead atoms. The average molecular weight is 191 g/mol. The van der Waals surface area contributed by atoms with E-state index in [4.69, 9.17) is 4.74 Å². The molecule has 0 fully saturated rings. The highest BCUT2D eigenvalue weighted by molar-refractivity contribution is 5.40. The number of rotatable bonds is 3. The van der Waals surface area contributed by atoms with Crippen LogP contribution in [0.5, 0.6) is 5.75 Å². The van der Waals surface area contributed by atoms with Crippen LogP contribution < -0.4 is 10.1 Å². The molecule has 1 aromatic carbocycles. The maximum absolute atomic E-state index is 5.48. The fraction of sp³-hybridized carbons (Fsp3) is 0.500. The first-order valence-corrected chi connectivity index (χ1v) is 5.28. The van der Waals surface area contributed by atoms with E-state index in [-0.39, 0.29) is 0 Å². The Balaban J connectivity index is 2.27. The highest BCUT2D eigenvalue weighted by atomic mass is 16.5. The molecule has 14 heavy (non-hydrogen) atoms. The SMILES string of the molecule is CCC(NC)c1ccc2c(c1)CCO2. The summed E-state index contributed by atoms with van der Waals surface area (Å²) >= 11 is 0. The lowest BCUT2D eigenvalue weighted by Crippen LogP contribution is -2.15. The Morgan fingerprint density at radius 3 is 3.07 bits per heavy atom. The monoisotopic (exact) mass is 191 g/mol. The fourth-order valence-electron chi connectivity index (χ4n) is 2.03. The van der Waals surface area contributed by atoms with E-state index < -0.39 is 0 Å². The highest BCUT2D eigenvalue weighted by Crippen LogP contribution is 2.28. The summed E-state index contributed by atoms with van der Waals surface area (Å²) in [4.78, 5) is 0. The molecule has 2 nitrogen and oxygen atoms in total. The van der Waals surface area contributed by atoms with Crippen LogP contribution >= 0.6 is 0 Å². The average Bonchev–Trinajstić information content (AvgIpc) is 2.66. The van der Waals surface area contributed by atoms with Crippen LogP contribution in [0.3, 0.4) is 0 Å². The molecule has 1 aromatic rings. The first-order valence-electron chi connectivity index (χ1n) is 5.28. The van der Waals surface area contributed by atoms with Gasteiger partial charge >= 0.3 is 0 Å². The van der Waals surface area contributed by atoms with Gasteiger partial charge < -0.3 is 10.1 Å². The molecule has 1 heterocycles. The molecule has 2 heteroatoms. The molecular weight excluding hydrogens is 174 g/mol. The minimum Gasteiger partial charge on any atom is -0.493 e. The first kappa shape index (κ1) is 9.53. The molecule has 2 rings (SSSR count).